The second-order valence-electron chi connectivity index (χ2n) is 9.06. The molecule has 1 N–H and O–H groups in total. The van der Waals surface area contributed by atoms with Gasteiger partial charge in [-0.05, 0) is 63.1 Å². The number of carbonyl (C=O) groups is 1. The Morgan fingerprint density at radius 2 is 1.86 bits per heavy atom. The van der Waals surface area contributed by atoms with Crippen LogP contribution in [0.4, 0.5) is 0 Å². The number of aliphatic hydroxyl groups is 1. The standard InChI is InChI=1S/C24H30N2O3/c1-23-13-12-20(26(3)22(28)19-11-7-8-14-25-19)21(27)24(2,29-23)16-18(15-23)17-9-5-4-6-10-17/h4-11,14,18,20-21,27H,12-13,15-16H2,1-3H3/t18-,20-,21+,23-,24-/m0/s1. The highest BCUT2D eigenvalue weighted by Gasteiger charge is 2.54. The summed E-state index contributed by atoms with van der Waals surface area (Å²) in [5.74, 6) is 0.157. The van der Waals surface area contributed by atoms with Gasteiger partial charge >= 0.3 is 0 Å². The van der Waals surface area contributed by atoms with Crippen molar-refractivity contribution in [1.29, 1.82) is 0 Å². The fourth-order valence-electron chi connectivity index (χ4n) is 5.27. The molecule has 0 unspecified atom stereocenters. The highest BCUT2D eigenvalue weighted by Crippen LogP contribution is 2.50. The third kappa shape index (κ3) is 3.81. The third-order valence-corrected chi connectivity index (χ3v) is 6.74. The van der Waals surface area contributed by atoms with Crippen LogP contribution >= 0.6 is 0 Å². The van der Waals surface area contributed by atoms with Crippen molar-refractivity contribution in [3.63, 3.8) is 0 Å². The van der Waals surface area contributed by atoms with Crippen LogP contribution in [0.15, 0.2) is 54.7 Å². The lowest BCUT2D eigenvalue weighted by molar-refractivity contribution is -0.214. The van der Waals surface area contributed by atoms with Crippen LogP contribution in [0.3, 0.4) is 0 Å². The fourth-order valence-corrected chi connectivity index (χ4v) is 5.27. The van der Waals surface area contributed by atoms with Gasteiger partial charge in [-0.15, -0.1) is 0 Å². The molecule has 5 heteroatoms. The number of hydrogen-bond donors (Lipinski definition) is 1. The molecule has 1 amide bonds. The van der Waals surface area contributed by atoms with Crippen molar-refractivity contribution in [2.75, 3.05) is 7.05 Å². The Bertz CT molecular complexity index is 859. The van der Waals surface area contributed by atoms with Gasteiger partial charge in [0.05, 0.1) is 17.2 Å². The Kier molecular flexibility index (Phi) is 5.21. The number of carbonyl (C=O) groups excluding carboxylic acids is 1. The Labute approximate surface area is 172 Å². The van der Waals surface area contributed by atoms with Gasteiger partial charge in [0.15, 0.2) is 0 Å². The SMILES string of the molecule is CN(C(=O)c1ccccn1)[C@H]1CC[C@@]2(C)C[C@H](c3ccccc3)C[C@](C)(O2)[C@@H]1O. The summed E-state index contributed by atoms with van der Waals surface area (Å²) in [5, 5.41) is 11.4. The second kappa shape index (κ2) is 7.54. The van der Waals surface area contributed by atoms with E-state index in [1.54, 1.807) is 36.3 Å². The Morgan fingerprint density at radius 1 is 1.14 bits per heavy atom. The molecule has 1 aromatic carbocycles. The van der Waals surface area contributed by atoms with Crippen molar-refractivity contribution in [2.45, 2.75) is 68.8 Å². The summed E-state index contributed by atoms with van der Waals surface area (Å²) in [6.07, 6.45) is 4.00. The fraction of sp³-hybridized carbons (Fsp3) is 0.500. The Balaban J connectivity index is 1.62. The number of likely N-dealkylation sites (N-methyl/N-ethyl adjacent to an activating group) is 1. The third-order valence-electron chi connectivity index (χ3n) is 6.74. The molecule has 0 spiro atoms. The maximum absolute atomic E-state index is 13.0. The number of rotatable bonds is 3. The van der Waals surface area contributed by atoms with Gasteiger partial charge in [0.25, 0.3) is 5.91 Å². The highest BCUT2D eigenvalue weighted by atomic mass is 16.5. The lowest BCUT2D eigenvalue weighted by atomic mass is 9.74. The van der Waals surface area contributed by atoms with Crippen LogP contribution in [0, 0.1) is 0 Å². The van der Waals surface area contributed by atoms with Gasteiger partial charge in [-0.2, -0.15) is 0 Å². The van der Waals surface area contributed by atoms with Crippen LogP contribution < -0.4 is 0 Å². The minimum Gasteiger partial charge on any atom is -0.388 e. The summed E-state index contributed by atoms with van der Waals surface area (Å²) in [6.45, 7) is 4.15. The van der Waals surface area contributed by atoms with Crippen LogP contribution in [-0.4, -0.2) is 51.3 Å². The maximum atomic E-state index is 13.0. The molecule has 2 bridgehead atoms. The summed E-state index contributed by atoms with van der Waals surface area (Å²) in [5.41, 5.74) is 0.650. The summed E-state index contributed by atoms with van der Waals surface area (Å²) < 4.78 is 6.55. The predicted molar refractivity (Wildman–Crippen MR) is 112 cm³/mol. The van der Waals surface area contributed by atoms with Crippen molar-refractivity contribution in [3.8, 4) is 0 Å². The molecule has 154 valence electrons. The van der Waals surface area contributed by atoms with E-state index < -0.39 is 11.7 Å². The lowest BCUT2D eigenvalue weighted by Gasteiger charge is -2.49. The van der Waals surface area contributed by atoms with E-state index in [0.717, 1.165) is 19.3 Å². The zero-order valence-electron chi connectivity index (χ0n) is 17.4. The normalized spacial score (nSPS) is 34.3. The van der Waals surface area contributed by atoms with E-state index in [1.807, 2.05) is 13.0 Å². The average molecular weight is 395 g/mol. The minimum atomic E-state index is -0.770. The predicted octanol–water partition coefficient (Wildman–Crippen LogP) is 3.79. The van der Waals surface area contributed by atoms with Gasteiger partial charge in [-0.25, -0.2) is 0 Å². The summed E-state index contributed by atoms with van der Waals surface area (Å²) in [6, 6.07) is 15.5. The van der Waals surface area contributed by atoms with Crippen LogP contribution in [0.5, 0.6) is 0 Å². The maximum Gasteiger partial charge on any atom is 0.272 e. The van der Waals surface area contributed by atoms with E-state index in [1.165, 1.54) is 5.56 Å². The first-order chi connectivity index (χ1) is 13.8. The average Bonchev–Trinajstić information content (AvgIpc) is 2.80. The summed E-state index contributed by atoms with van der Waals surface area (Å²) in [7, 11) is 1.76. The van der Waals surface area contributed by atoms with Crippen LogP contribution in [0.2, 0.25) is 0 Å². The molecular weight excluding hydrogens is 364 g/mol. The number of fused-ring (bicyclic) bond motifs is 2. The van der Waals surface area contributed by atoms with E-state index in [9.17, 15) is 9.90 Å². The molecule has 2 aliphatic heterocycles. The molecule has 5 atom stereocenters. The second-order valence-corrected chi connectivity index (χ2v) is 9.06. The Hall–Kier alpha value is -2.24. The van der Waals surface area contributed by atoms with E-state index in [-0.39, 0.29) is 17.6 Å². The lowest BCUT2D eigenvalue weighted by Crippen LogP contribution is -2.57. The van der Waals surface area contributed by atoms with Crippen LogP contribution in [-0.2, 0) is 4.74 Å². The van der Waals surface area contributed by atoms with E-state index in [2.05, 4.69) is 36.2 Å². The molecule has 2 aromatic rings. The number of ether oxygens (including phenoxy) is 1. The van der Waals surface area contributed by atoms with Gasteiger partial charge in [0, 0.05) is 13.2 Å². The summed E-state index contributed by atoms with van der Waals surface area (Å²) in [4.78, 5) is 18.8. The van der Waals surface area contributed by atoms with Crippen LogP contribution in [0.25, 0.3) is 0 Å². The first-order valence-corrected chi connectivity index (χ1v) is 10.4. The molecule has 2 fully saturated rings. The van der Waals surface area contributed by atoms with Gasteiger partial charge in [0.2, 0.25) is 0 Å². The first kappa shape index (κ1) is 20.0. The van der Waals surface area contributed by atoms with E-state index in [4.69, 9.17) is 4.74 Å². The zero-order valence-corrected chi connectivity index (χ0v) is 17.4. The Morgan fingerprint density at radius 3 is 2.55 bits per heavy atom. The zero-order chi connectivity index (χ0) is 20.6. The number of hydrogen-bond acceptors (Lipinski definition) is 4. The monoisotopic (exact) mass is 394 g/mol. The molecule has 3 heterocycles. The summed E-state index contributed by atoms with van der Waals surface area (Å²) >= 11 is 0. The van der Waals surface area contributed by atoms with Crippen molar-refractivity contribution in [1.82, 2.24) is 9.88 Å². The molecule has 1 aromatic heterocycles. The van der Waals surface area contributed by atoms with Crippen molar-refractivity contribution in [3.05, 3.63) is 66.0 Å². The number of amides is 1. The molecule has 2 aliphatic rings. The van der Waals surface area contributed by atoms with Gasteiger partial charge < -0.3 is 14.7 Å². The van der Waals surface area contributed by atoms with E-state index >= 15 is 0 Å². The molecule has 0 saturated carbocycles. The number of benzene rings is 1. The number of aromatic nitrogens is 1. The molecule has 5 nitrogen and oxygen atoms in total. The highest BCUT2D eigenvalue weighted by molar-refractivity contribution is 5.92. The van der Waals surface area contributed by atoms with Gasteiger partial charge in [-0.3, -0.25) is 9.78 Å². The van der Waals surface area contributed by atoms with E-state index in [0.29, 0.717) is 18.0 Å². The molecule has 4 rings (SSSR count). The van der Waals surface area contributed by atoms with Crippen LogP contribution in [0.1, 0.15) is 61.5 Å². The van der Waals surface area contributed by atoms with Crippen molar-refractivity contribution >= 4 is 5.91 Å². The quantitative estimate of drug-likeness (QED) is 0.860. The molecule has 29 heavy (non-hydrogen) atoms. The topological polar surface area (TPSA) is 62.7 Å². The molecule has 0 radical (unpaired) electrons. The largest absolute Gasteiger partial charge is 0.388 e. The van der Waals surface area contributed by atoms with Crippen molar-refractivity contribution < 1.29 is 14.6 Å². The molecule has 2 saturated heterocycles. The number of nitrogens with zero attached hydrogens (tertiary/aromatic N) is 2. The molecule has 0 aliphatic carbocycles. The number of pyridine rings is 1. The van der Waals surface area contributed by atoms with Crippen molar-refractivity contribution in [2.24, 2.45) is 0 Å². The molecular formula is C24H30N2O3. The van der Waals surface area contributed by atoms with Gasteiger partial charge in [0.1, 0.15) is 11.8 Å². The minimum absolute atomic E-state index is 0.167. The first-order valence-electron chi connectivity index (χ1n) is 10.4. The van der Waals surface area contributed by atoms with Gasteiger partial charge in [-0.1, -0.05) is 36.4 Å². The number of aliphatic hydroxyl groups excluding tert-OH is 1. The smallest absolute Gasteiger partial charge is 0.272 e.